The van der Waals surface area contributed by atoms with Crippen LogP contribution in [0.3, 0.4) is 0 Å². The first-order valence-corrected chi connectivity index (χ1v) is 8.96. The molecule has 0 spiro atoms. The van der Waals surface area contributed by atoms with E-state index in [9.17, 15) is 9.90 Å². The minimum absolute atomic E-state index is 0.396. The van der Waals surface area contributed by atoms with Crippen LogP contribution in [-0.4, -0.2) is 43.4 Å². The average molecular weight is 382 g/mol. The number of hydrogen-bond donors (Lipinski definition) is 3. The highest BCUT2D eigenvalue weighted by Crippen LogP contribution is 2.45. The maximum atomic E-state index is 11.8. The summed E-state index contributed by atoms with van der Waals surface area (Å²) in [6, 6.07) is 10.5. The van der Waals surface area contributed by atoms with E-state index in [0.717, 1.165) is 27.7 Å². The van der Waals surface area contributed by atoms with E-state index in [1.807, 2.05) is 30.3 Å². The van der Waals surface area contributed by atoms with Gasteiger partial charge in [-0.05, 0) is 23.8 Å². The number of aliphatic carboxylic acids is 1. The van der Waals surface area contributed by atoms with E-state index in [2.05, 4.69) is 10.3 Å². The number of H-pyrrole nitrogens is 1. The number of aromatic nitrogens is 1. The number of nitrogens with one attached hydrogen (secondary N) is 2. The van der Waals surface area contributed by atoms with Crippen LogP contribution in [0.15, 0.2) is 36.4 Å². The highest BCUT2D eigenvalue weighted by molar-refractivity contribution is 5.87. The smallest absolute Gasteiger partial charge is 0.321 e. The van der Waals surface area contributed by atoms with Crippen molar-refractivity contribution in [3.05, 3.63) is 53.2 Å². The van der Waals surface area contributed by atoms with Crippen LogP contribution in [0.4, 0.5) is 0 Å². The number of ether oxygens (including phenoxy) is 3. The minimum atomic E-state index is -0.889. The van der Waals surface area contributed by atoms with Gasteiger partial charge in [0.25, 0.3) is 0 Å². The zero-order valence-corrected chi connectivity index (χ0v) is 15.9. The van der Waals surface area contributed by atoms with Gasteiger partial charge in [0.1, 0.15) is 6.04 Å². The van der Waals surface area contributed by atoms with E-state index in [1.165, 1.54) is 0 Å². The van der Waals surface area contributed by atoms with Gasteiger partial charge in [0, 0.05) is 28.6 Å². The van der Waals surface area contributed by atoms with Crippen molar-refractivity contribution in [2.45, 2.75) is 18.5 Å². The van der Waals surface area contributed by atoms with Crippen molar-refractivity contribution in [3.63, 3.8) is 0 Å². The Bertz CT molecular complexity index is 1040. The molecule has 1 aromatic heterocycles. The summed E-state index contributed by atoms with van der Waals surface area (Å²) >= 11 is 0. The SMILES string of the molecule is COc1ccc([C@H]2N[C@H](C(=O)O)Cc3c2[nH]c2ccccc32)c(OC)c1OC. The van der Waals surface area contributed by atoms with Gasteiger partial charge in [0.05, 0.1) is 27.4 Å². The number of para-hydroxylation sites is 1. The number of hydrogen-bond acceptors (Lipinski definition) is 5. The van der Waals surface area contributed by atoms with E-state index in [1.54, 1.807) is 27.4 Å². The molecule has 2 aromatic carbocycles. The molecule has 0 unspecified atom stereocenters. The second-order valence-electron chi connectivity index (χ2n) is 6.68. The summed E-state index contributed by atoms with van der Waals surface area (Å²) in [6.45, 7) is 0. The Labute approximate surface area is 162 Å². The van der Waals surface area contributed by atoms with Crippen molar-refractivity contribution < 1.29 is 24.1 Å². The predicted octanol–water partition coefficient (Wildman–Crippen LogP) is 2.88. The van der Waals surface area contributed by atoms with Crippen molar-refractivity contribution in [3.8, 4) is 17.2 Å². The van der Waals surface area contributed by atoms with E-state index in [4.69, 9.17) is 14.2 Å². The number of carbonyl (C=O) groups is 1. The summed E-state index contributed by atoms with van der Waals surface area (Å²) < 4.78 is 16.5. The Morgan fingerprint density at radius 2 is 1.79 bits per heavy atom. The molecule has 0 radical (unpaired) electrons. The number of carboxylic acids is 1. The highest BCUT2D eigenvalue weighted by Gasteiger charge is 2.36. The third kappa shape index (κ3) is 2.75. The lowest BCUT2D eigenvalue weighted by atomic mass is 9.89. The minimum Gasteiger partial charge on any atom is -0.493 e. The molecule has 7 heteroatoms. The molecule has 0 fully saturated rings. The van der Waals surface area contributed by atoms with Gasteiger partial charge in [-0.3, -0.25) is 10.1 Å². The van der Waals surface area contributed by atoms with Gasteiger partial charge in [-0.15, -0.1) is 0 Å². The Morgan fingerprint density at radius 1 is 1.04 bits per heavy atom. The van der Waals surface area contributed by atoms with Gasteiger partial charge < -0.3 is 24.3 Å². The largest absolute Gasteiger partial charge is 0.493 e. The Kier molecular flexibility index (Phi) is 4.60. The molecule has 2 heterocycles. The monoisotopic (exact) mass is 382 g/mol. The quantitative estimate of drug-likeness (QED) is 0.628. The molecular formula is C21H22N2O5. The zero-order chi connectivity index (χ0) is 19.8. The van der Waals surface area contributed by atoms with Gasteiger partial charge in [-0.25, -0.2) is 0 Å². The number of fused-ring (bicyclic) bond motifs is 3. The predicted molar refractivity (Wildman–Crippen MR) is 105 cm³/mol. The van der Waals surface area contributed by atoms with E-state index < -0.39 is 18.1 Å². The molecule has 3 aromatic rings. The van der Waals surface area contributed by atoms with Crippen molar-refractivity contribution in [1.82, 2.24) is 10.3 Å². The number of carboxylic acid groups (broad SMARTS) is 1. The molecule has 0 saturated carbocycles. The summed E-state index contributed by atoms with van der Waals surface area (Å²) in [5, 5.41) is 14.0. The molecule has 1 aliphatic rings. The maximum Gasteiger partial charge on any atom is 0.321 e. The molecule has 3 N–H and O–H groups in total. The Hall–Kier alpha value is -3.19. The van der Waals surface area contributed by atoms with Crippen LogP contribution in [0.5, 0.6) is 17.2 Å². The molecule has 2 atom stereocenters. The van der Waals surface area contributed by atoms with Gasteiger partial charge in [-0.1, -0.05) is 18.2 Å². The fourth-order valence-electron chi connectivity index (χ4n) is 3.99. The molecule has 1 aliphatic heterocycles. The van der Waals surface area contributed by atoms with Crippen molar-refractivity contribution >= 4 is 16.9 Å². The van der Waals surface area contributed by atoms with Gasteiger partial charge in [0.15, 0.2) is 11.5 Å². The topological polar surface area (TPSA) is 92.8 Å². The number of rotatable bonds is 5. The summed E-state index contributed by atoms with van der Waals surface area (Å²) in [5.41, 5.74) is 3.69. The maximum absolute atomic E-state index is 11.8. The second kappa shape index (κ2) is 7.09. The van der Waals surface area contributed by atoms with Crippen LogP contribution in [0.2, 0.25) is 0 Å². The lowest BCUT2D eigenvalue weighted by molar-refractivity contribution is -0.139. The summed E-state index contributed by atoms with van der Waals surface area (Å²) in [5.74, 6) is 0.639. The third-order valence-corrected chi connectivity index (χ3v) is 5.26. The van der Waals surface area contributed by atoms with E-state index in [-0.39, 0.29) is 0 Å². The Balaban J connectivity index is 1.94. The molecule has 4 rings (SSSR count). The van der Waals surface area contributed by atoms with Crippen LogP contribution in [0, 0.1) is 0 Å². The van der Waals surface area contributed by atoms with E-state index in [0.29, 0.717) is 23.7 Å². The second-order valence-corrected chi connectivity index (χ2v) is 6.68. The fourth-order valence-corrected chi connectivity index (χ4v) is 3.99. The highest BCUT2D eigenvalue weighted by atomic mass is 16.5. The first-order chi connectivity index (χ1) is 13.6. The molecule has 7 nitrogen and oxygen atoms in total. The van der Waals surface area contributed by atoms with E-state index >= 15 is 0 Å². The lowest BCUT2D eigenvalue weighted by Gasteiger charge is -2.31. The lowest BCUT2D eigenvalue weighted by Crippen LogP contribution is -2.45. The first-order valence-electron chi connectivity index (χ1n) is 8.96. The molecule has 0 saturated heterocycles. The molecule has 28 heavy (non-hydrogen) atoms. The molecule has 146 valence electrons. The zero-order valence-electron chi connectivity index (χ0n) is 15.9. The standard InChI is InChI=1S/C21H22N2O5/c1-26-16-9-8-12(19(27-2)20(16)28-3)17-18-13(10-15(23-17)21(24)25)11-6-4-5-7-14(11)22-18/h4-9,15,17,22-23H,10H2,1-3H3,(H,24,25)/t15-,17+/m0/s1. The summed E-state index contributed by atoms with van der Waals surface area (Å²) in [7, 11) is 4.67. The molecule has 0 bridgehead atoms. The molecule has 0 amide bonds. The molecule has 0 aliphatic carbocycles. The van der Waals surface area contributed by atoms with Crippen LogP contribution in [-0.2, 0) is 11.2 Å². The Morgan fingerprint density at radius 3 is 2.46 bits per heavy atom. The van der Waals surface area contributed by atoms with Gasteiger partial charge in [0.2, 0.25) is 5.75 Å². The van der Waals surface area contributed by atoms with Gasteiger partial charge >= 0.3 is 5.97 Å². The number of benzene rings is 2. The first kappa shape index (κ1) is 18.2. The normalized spacial score (nSPS) is 18.5. The fraction of sp³-hybridized carbons (Fsp3) is 0.286. The van der Waals surface area contributed by atoms with Gasteiger partial charge in [-0.2, -0.15) is 0 Å². The summed E-state index contributed by atoms with van der Waals surface area (Å²) in [4.78, 5) is 15.3. The van der Waals surface area contributed by atoms with Crippen molar-refractivity contribution in [2.24, 2.45) is 0 Å². The molecular weight excluding hydrogens is 360 g/mol. The van der Waals surface area contributed by atoms with Crippen LogP contribution in [0.25, 0.3) is 10.9 Å². The van der Waals surface area contributed by atoms with Crippen LogP contribution >= 0.6 is 0 Å². The van der Waals surface area contributed by atoms with Crippen molar-refractivity contribution in [1.29, 1.82) is 0 Å². The van der Waals surface area contributed by atoms with Crippen LogP contribution in [0.1, 0.15) is 22.9 Å². The average Bonchev–Trinajstić information content (AvgIpc) is 3.10. The van der Waals surface area contributed by atoms with Crippen molar-refractivity contribution in [2.75, 3.05) is 21.3 Å². The number of aromatic amines is 1. The third-order valence-electron chi connectivity index (χ3n) is 5.26. The van der Waals surface area contributed by atoms with Crippen LogP contribution < -0.4 is 19.5 Å². The number of methoxy groups -OCH3 is 3. The summed E-state index contributed by atoms with van der Waals surface area (Å²) in [6.07, 6.45) is 0.404.